The summed E-state index contributed by atoms with van der Waals surface area (Å²) in [5.41, 5.74) is 0. The molecule has 0 spiro atoms. The van der Waals surface area contributed by atoms with Crippen LogP contribution in [0.5, 0.6) is 0 Å². The molecule has 1 N–H and O–H groups in total. The van der Waals surface area contributed by atoms with Crippen LogP contribution in [0.15, 0.2) is 23.6 Å². The van der Waals surface area contributed by atoms with E-state index in [1.807, 2.05) is 23.6 Å². The quantitative estimate of drug-likeness (QED) is 0.817. The molecule has 0 radical (unpaired) electrons. The van der Waals surface area contributed by atoms with Crippen LogP contribution < -0.4 is 5.32 Å². The Morgan fingerprint density at radius 2 is 2.29 bits per heavy atom. The number of carbonyl (C=O) groups excluding carboxylic acids is 1. The van der Waals surface area contributed by atoms with E-state index in [0.717, 1.165) is 11.3 Å². The second-order valence-electron chi connectivity index (χ2n) is 4.73. The molecule has 2 rings (SSSR count). The number of hydrogen-bond donors (Lipinski definition) is 1. The maximum absolute atomic E-state index is 11.8. The SMILES string of the molecule is C[C@H]1CCCC[C@H]1NC(=O)/C=C/c1cccs1. The van der Waals surface area contributed by atoms with Gasteiger partial charge in [-0.1, -0.05) is 25.8 Å². The largest absolute Gasteiger partial charge is 0.350 e. The molecular weight excluding hydrogens is 230 g/mol. The fraction of sp³-hybridized carbons (Fsp3) is 0.500. The molecule has 1 saturated carbocycles. The van der Waals surface area contributed by atoms with Crippen LogP contribution in [0, 0.1) is 5.92 Å². The van der Waals surface area contributed by atoms with E-state index in [0.29, 0.717) is 12.0 Å². The molecule has 2 nitrogen and oxygen atoms in total. The summed E-state index contributed by atoms with van der Waals surface area (Å²) in [5.74, 6) is 0.653. The molecule has 0 aliphatic heterocycles. The highest BCUT2D eigenvalue weighted by Crippen LogP contribution is 2.23. The normalized spacial score (nSPS) is 25.0. The lowest BCUT2D eigenvalue weighted by Crippen LogP contribution is -2.40. The molecule has 1 aliphatic carbocycles. The van der Waals surface area contributed by atoms with Crippen molar-refractivity contribution in [2.75, 3.05) is 0 Å². The van der Waals surface area contributed by atoms with Crippen LogP contribution in [-0.4, -0.2) is 11.9 Å². The summed E-state index contributed by atoms with van der Waals surface area (Å²) < 4.78 is 0. The highest BCUT2D eigenvalue weighted by Gasteiger charge is 2.21. The van der Waals surface area contributed by atoms with Gasteiger partial charge in [0.15, 0.2) is 0 Å². The van der Waals surface area contributed by atoms with Crippen molar-refractivity contribution in [2.45, 2.75) is 38.6 Å². The summed E-state index contributed by atoms with van der Waals surface area (Å²) in [6.45, 7) is 2.23. The van der Waals surface area contributed by atoms with E-state index in [1.54, 1.807) is 17.4 Å². The van der Waals surface area contributed by atoms with E-state index in [-0.39, 0.29) is 5.91 Å². The van der Waals surface area contributed by atoms with Gasteiger partial charge in [0, 0.05) is 17.0 Å². The average molecular weight is 249 g/mol. The Hall–Kier alpha value is -1.09. The number of thiophene rings is 1. The van der Waals surface area contributed by atoms with Crippen LogP contribution in [0.4, 0.5) is 0 Å². The second kappa shape index (κ2) is 6.01. The molecule has 0 aromatic carbocycles. The van der Waals surface area contributed by atoms with Crippen molar-refractivity contribution in [1.82, 2.24) is 5.32 Å². The van der Waals surface area contributed by atoms with Crippen molar-refractivity contribution in [3.8, 4) is 0 Å². The van der Waals surface area contributed by atoms with E-state index in [9.17, 15) is 4.79 Å². The molecule has 2 atom stereocenters. The molecule has 0 bridgehead atoms. The van der Waals surface area contributed by atoms with E-state index in [2.05, 4.69) is 12.2 Å². The summed E-state index contributed by atoms with van der Waals surface area (Å²) in [6.07, 6.45) is 8.43. The molecule has 1 aliphatic rings. The van der Waals surface area contributed by atoms with Crippen LogP contribution in [0.2, 0.25) is 0 Å². The van der Waals surface area contributed by atoms with E-state index in [1.165, 1.54) is 19.3 Å². The van der Waals surface area contributed by atoms with Crippen molar-refractivity contribution in [1.29, 1.82) is 0 Å². The van der Waals surface area contributed by atoms with Gasteiger partial charge in [-0.25, -0.2) is 0 Å². The van der Waals surface area contributed by atoms with Gasteiger partial charge in [-0.15, -0.1) is 11.3 Å². The first-order chi connectivity index (χ1) is 8.25. The first kappa shape index (κ1) is 12.4. The van der Waals surface area contributed by atoms with Crippen LogP contribution >= 0.6 is 11.3 Å². The Balaban J connectivity index is 1.84. The van der Waals surface area contributed by atoms with Gasteiger partial charge < -0.3 is 5.32 Å². The molecule has 1 fully saturated rings. The van der Waals surface area contributed by atoms with Crippen LogP contribution in [0.1, 0.15) is 37.5 Å². The van der Waals surface area contributed by atoms with E-state index in [4.69, 9.17) is 0 Å². The van der Waals surface area contributed by atoms with Crippen LogP contribution in [-0.2, 0) is 4.79 Å². The maximum atomic E-state index is 11.8. The summed E-state index contributed by atoms with van der Waals surface area (Å²) in [6, 6.07) is 4.37. The molecule has 0 saturated heterocycles. The Labute approximate surface area is 107 Å². The summed E-state index contributed by atoms with van der Waals surface area (Å²) in [7, 11) is 0. The number of hydrogen-bond acceptors (Lipinski definition) is 2. The lowest BCUT2D eigenvalue weighted by molar-refractivity contribution is -0.117. The van der Waals surface area contributed by atoms with Gasteiger partial charge in [0.25, 0.3) is 0 Å². The van der Waals surface area contributed by atoms with Crippen molar-refractivity contribution in [3.05, 3.63) is 28.5 Å². The maximum Gasteiger partial charge on any atom is 0.244 e. The van der Waals surface area contributed by atoms with Gasteiger partial charge in [0.1, 0.15) is 0 Å². The molecule has 1 aromatic heterocycles. The van der Waals surface area contributed by atoms with Crippen molar-refractivity contribution in [2.24, 2.45) is 5.92 Å². The van der Waals surface area contributed by atoms with Crippen LogP contribution in [0.25, 0.3) is 6.08 Å². The molecule has 3 heteroatoms. The Morgan fingerprint density at radius 1 is 1.47 bits per heavy atom. The van der Waals surface area contributed by atoms with Gasteiger partial charge in [-0.05, 0) is 36.3 Å². The lowest BCUT2D eigenvalue weighted by atomic mass is 9.86. The van der Waals surface area contributed by atoms with Crippen molar-refractivity contribution >= 4 is 23.3 Å². The topological polar surface area (TPSA) is 29.1 Å². The zero-order valence-corrected chi connectivity index (χ0v) is 11.0. The predicted molar refractivity (Wildman–Crippen MR) is 72.9 cm³/mol. The Bertz CT molecular complexity index is 383. The minimum Gasteiger partial charge on any atom is -0.350 e. The van der Waals surface area contributed by atoms with Gasteiger partial charge in [-0.3, -0.25) is 4.79 Å². The smallest absolute Gasteiger partial charge is 0.244 e. The third-order valence-electron chi connectivity index (χ3n) is 3.38. The molecule has 1 amide bonds. The fourth-order valence-corrected chi connectivity index (χ4v) is 2.92. The predicted octanol–water partition coefficient (Wildman–Crippen LogP) is 3.46. The summed E-state index contributed by atoms with van der Waals surface area (Å²) >= 11 is 1.64. The molecular formula is C14H19NOS. The third-order valence-corrected chi connectivity index (χ3v) is 4.22. The summed E-state index contributed by atoms with van der Waals surface area (Å²) in [5, 5.41) is 5.12. The zero-order chi connectivity index (χ0) is 12.1. The second-order valence-corrected chi connectivity index (χ2v) is 5.70. The molecule has 1 aromatic rings. The molecule has 92 valence electrons. The number of amides is 1. The molecule has 0 unspecified atom stereocenters. The minimum absolute atomic E-state index is 0.0390. The summed E-state index contributed by atoms with van der Waals surface area (Å²) in [4.78, 5) is 12.9. The van der Waals surface area contributed by atoms with Gasteiger partial charge in [0.05, 0.1) is 0 Å². The standard InChI is InChI=1S/C14H19NOS/c1-11-5-2-3-7-13(11)15-14(16)9-8-12-6-4-10-17-12/h4,6,8-11,13H,2-3,5,7H2,1H3,(H,15,16)/b9-8+/t11-,13+/m0/s1. The Morgan fingerprint density at radius 3 is 3.00 bits per heavy atom. The first-order valence-electron chi connectivity index (χ1n) is 6.28. The van der Waals surface area contributed by atoms with Crippen LogP contribution in [0.3, 0.4) is 0 Å². The fourth-order valence-electron chi connectivity index (χ4n) is 2.31. The first-order valence-corrected chi connectivity index (χ1v) is 7.16. The Kier molecular flexibility index (Phi) is 4.37. The highest BCUT2D eigenvalue weighted by molar-refractivity contribution is 7.10. The minimum atomic E-state index is 0.0390. The zero-order valence-electron chi connectivity index (χ0n) is 10.2. The third kappa shape index (κ3) is 3.70. The number of rotatable bonds is 3. The van der Waals surface area contributed by atoms with Crippen molar-refractivity contribution < 1.29 is 4.79 Å². The molecule has 17 heavy (non-hydrogen) atoms. The number of carbonyl (C=O) groups is 1. The van der Waals surface area contributed by atoms with E-state index < -0.39 is 0 Å². The molecule has 1 heterocycles. The highest BCUT2D eigenvalue weighted by atomic mass is 32.1. The van der Waals surface area contributed by atoms with Crippen molar-refractivity contribution in [3.63, 3.8) is 0 Å². The number of nitrogens with one attached hydrogen (secondary N) is 1. The lowest BCUT2D eigenvalue weighted by Gasteiger charge is -2.29. The van der Waals surface area contributed by atoms with Gasteiger partial charge in [-0.2, -0.15) is 0 Å². The monoisotopic (exact) mass is 249 g/mol. The average Bonchev–Trinajstić information content (AvgIpc) is 2.82. The van der Waals surface area contributed by atoms with E-state index >= 15 is 0 Å². The van der Waals surface area contributed by atoms with Gasteiger partial charge in [0.2, 0.25) is 5.91 Å². The van der Waals surface area contributed by atoms with Gasteiger partial charge >= 0.3 is 0 Å².